The summed E-state index contributed by atoms with van der Waals surface area (Å²) in [7, 11) is 0. The molecule has 0 spiro atoms. The molecular formula is C19H18ClN3O2S2. The summed E-state index contributed by atoms with van der Waals surface area (Å²) in [5.74, 6) is -0.392. The largest absolute Gasteiger partial charge is 0.369 e. The van der Waals surface area contributed by atoms with Crippen LogP contribution in [0.25, 0.3) is 15.9 Å². The van der Waals surface area contributed by atoms with E-state index in [4.69, 9.17) is 22.3 Å². The molecule has 2 heterocycles. The Morgan fingerprint density at radius 1 is 1.37 bits per heavy atom. The van der Waals surface area contributed by atoms with Crippen LogP contribution in [0.3, 0.4) is 0 Å². The van der Waals surface area contributed by atoms with Crippen LogP contribution < -0.4 is 11.3 Å². The van der Waals surface area contributed by atoms with Crippen molar-refractivity contribution in [1.82, 2.24) is 9.55 Å². The van der Waals surface area contributed by atoms with Crippen molar-refractivity contribution in [3.8, 4) is 5.69 Å². The average Bonchev–Trinajstić information content (AvgIpc) is 3.01. The number of benzene rings is 1. The van der Waals surface area contributed by atoms with Crippen molar-refractivity contribution >= 4 is 50.8 Å². The molecular weight excluding hydrogens is 402 g/mol. The van der Waals surface area contributed by atoms with Gasteiger partial charge < -0.3 is 5.73 Å². The van der Waals surface area contributed by atoms with Gasteiger partial charge in [-0.3, -0.25) is 14.2 Å². The van der Waals surface area contributed by atoms with E-state index in [2.05, 4.69) is 0 Å². The number of hydrogen-bond acceptors (Lipinski definition) is 5. The van der Waals surface area contributed by atoms with Crippen molar-refractivity contribution in [2.45, 2.75) is 37.8 Å². The van der Waals surface area contributed by atoms with Gasteiger partial charge in [0, 0.05) is 9.90 Å². The topological polar surface area (TPSA) is 78.0 Å². The number of aryl methyl sites for hydroxylation is 3. The highest BCUT2D eigenvalue weighted by Crippen LogP contribution is 2.35. The van der Waals surface area contributed by atoms with E-state index in [9.17, 15) is 9.59 Å². The fourth-order valence-corrected chi connectivity index (χ4v) is 5.60. The van der Waals surface area contributed by atoms with Gasteiger partial charge in [0.15, 0.2) is 5.16 Å². The molecule has 0 aliphatic heterocycles. The number of amides is 1. The molecule has 140 valence electrons. The van der Waals surface area contributed by atoms with Crippen molar-refractivity contribution in [3.05, 3.63) is 49.6 Å². The van der Waals surface area contributed by atoms with Crippen molar-refractivity contribution in [3.63, 3.8) is 0 Å². The second-order valence-electron chi connectivity index (χ2n) is 6.61. The van der Waals surface area contributed by atoms with Crippen molar-refractivity contribution in [2.24, 2.45) is 5.73 Å². The van der Waals surface area contributed by atoms with Crippen LogP contribution in [0.2, 0.25) is 5.02 Å². The predicted molar refractivity (Wildman–Crippen MR) is 112 cm³/mol. The van der Waals surface area contributed by atoms with Gasteiger partial charge in [-0.2, -0.15) is 0 Å². The molecule has 0 saturated carbocycles. The molecule has 2 aromatic heterocycles. The maximum Gasteiger partial charge on any atom is 0.267 e. The summed E-state index contributed by atoms with van der Waals surface area (Å²) < 4.78 is 1.56. The Bertz CT molecular complexity index is 1120. The SMILES string of the molecule is Cc1ccc(-n2c(SCC(N)=O)nc3sc4c(c3c2=O)CCCC4)cc1Cl. The third-order valence-electron chi connectivity index (χ3n) is 4.72. The highest BCUT2D eigenvalue weighted by molar-refractivity contribution is 7.99. The lowest BCUT2D eigenvalue weighted by atomic mass is 9.97. The first-order valence-electron chi connectivity index (χ1n) is 8.70. The third kappa shape index (κ3) is 3.39. The lowest BCUT2D eigenvalue weighted by molar-refractivity contribution is -0.115. The van der Waals surface area contributed by atoms with Gasteiger partial charge in [0.25, 0.3) is 5.56 Å². The maximum atomic E-state index is 13.5. The van der Waals surface area contributed by atoms with Crippen molar-refractivity contribution in [1.29, 1.82) is 0 Å². The van der Waals surface area contributed by atoms with Crippen LogP contribution in [0.1, 0.15) is 28.8 Å². The van der Waals surface area contributed by atoms with Crippen LogP contribution in [0.5, 0.6) is 0 Å². The molecule has 1 aromatic carbocycles. The average molecular weight is 420 g/mol. The first-order chi connectivity index (χ1) is 13.0. The summed E-state index contributed by atoms with van der Waals surface area (Å²) in [6, 6.07) is 5.49. The lowest BCUT2D eigenvalue weighted by Crippen LogP contribution is -2.23. The smallest absolute Gasteiger partial charge is 0.267 e. The number of carbonyl (C=O) groups excluding carboxylic acids is 1. The molecule has 3 aromatic rings. The molecule has 27 heavy (non-hydrogen) atoms. The molecule has 0 saturated heterocycles. The highest BCUT2D eigenvalue weighted by atomic mass is 35.5. The Hall–Kier alpha value is -1.83. The van der Waals surface area contributed by atoms with Gasteiger partial charge >= 0.3 is 0 Å². The Balaban J connectivity index is 1.99. The minimum Gasteiger partial charge on any atom is -0.369 e. The van der Waals surface area contributed by atoms with Crippen LogP contribution in [-0.4, -0.2) is 21.2 Å². The number of primary amides is 1. The zero-order chi connectivity index (χ0) is 19.1. The number of fused-ring (bicyclic) bond motifs is 3. The van der Waals surface area contributed by atoms with Gasteiger partial charge in [0.1, 0.15) is 4.83 Å². The zero-order valence-electron chi connectivity index (χ0n) is 14.8. The number of nitrogens with two attached hydrogens (primary N) is 1. The van der Waals surface area contributed by atoms with Gasteiger partial charge in [0.2, 0.25) is 5.91 Å². The van der Waals surface area contributed by atoms with Gasteiger partial charge in [-0.1, -0.05) is 29.4 Å². The normalized spacial score (nSPS) is 13.7. The van der Waals surface area contributed by atoms with Crippen LogP contribution in [0.15, 0.2) is 28.2 Å². The summed E-state index contributed by atoms with van der Waals surface area (Å²) in [5.41, 5.74) is 7.92. The number of halogens is 1. The minimum absolute atomic E-state index is 0.0582. The summed E-state index contributed by atoms with van der Waals surface area (Å²) in [6.07, 6.45) is 4.14. The second-order valence-corrected chi connectivity index (χ2v) is 9.05. The molecule has 0 radical (unpaired) electrons. The van der Waals surface area contributed by atoms with E-state index in [1.807, 2.05) is 19.1 Å². The summed E-state index contributed by atoms with van der Waals surface area (Å²) in [4.78, 5) is 31.5. The van der Waals surface area contributed by atoms with E-state index < -0.39 is 5.91 Å². The molecule has 0 fully saturated rings. The van der Waals surface area contributed by atoms with Crippen molar-refractivity contribution < 1.29 is 4.79 Å². The van der Waals surface area contributed by atoms with Crippen LogP contribution >= 0.6 is 34.7 Å². The molecule has 1 aliphatic carbocycles. The van der Waals surface area contributed by atoms with Crippen LogP contribution in [-0.2, 0) is 17.6 Å². The monoisotopic (exact) mass is 419 g/mol. The Morgan fingerprint density at radius 2 is 2.15 bits per heavy atom. The van der Waals surface area contributed by atoms with Crippen molar-refractivity contribution in [2.75, 3.05) is 5.75 Å². The fraction of sp³-hybridized carbons (Fsp3) is 0.316. The van der Waals surface area contributed by atoms with E-state index in [1.54, 1.807) is 22.0 Å². The Morgan fingerprint density at radius 3 is 2.89 bits per heavy atom. The number of thioether (sulfide) groups is 1. The van der Waals surface area contributed by atoms with E-state index in [1.165, 1.54) is 16.6 Å². The van der Waals surface area contributed by atoms with Gasteiger partial charge in [-0.05, 0) is 55.9 Å². The van der Waals surface area contributed by atoms with Gasteiger partial charge in [-0.15, -0.1) is 11.3 Å². The lowest BCUT2D eigenvalue weighted by Gasteiger charge is -2.14. The highest BCUT2D eigenvalue weighted by Gasteiger charge is 2.23. The second kappa shape index (κ2) is 7.30. The standard InChI is InChI=1S/C19H18ClN3O2S2/c1-10-6-7-11(8-13(10)20)23-18(25)16-12-4-2-3-5-14(12)27-17(16)22-19(23)26-9-15(21)24/h6-8H,2-5,9H2,1H3,(H2,21,24). The molecule has 0 unspecified atom stereocenters. The van der Waals surface area contributed by atoms with E-state index in [0.29, 0.717) is 21.3 Å². The quantitative estimate of drug-likeness (QED) is 0.514. The minimum atomic E-state index is -0.451. The number of nitrogens with zero attached hydrogens (tertiary/aromatic N) is 2. The number of hydrogen-bond donors (Lipinski definition) is 1. The fourth-order valence-electron chi connectivity index (χ4n) is 3.37. The number of rotatable bonds is 4. The molecule has 0 atom stereocenters. The molecule has 8 heteroatoms. The van der Waals surface area contributed by atoms with Crippen LogP contribution in [0, 0.1) is 6.92 Å². The van der Waals surface area contributed by atoms with Crippen LogP contribution in [0.4, 0.5) is 0 Å². The van der Waals surface area contributed by atoms with E-state index >= 15 is 0 Å². The Labute approximate surface area is 169 Å². The molecule has 1 amide bonds. The molecule has 0 bridgehead atoms. The van der Waals surface area contributed by atoms with E-state index in [-0.39, 0.29) is 11.3 Å². The number of aromatic nitrogens is 2. The molecule has 2 N–H and O–H groups in total. The molecule has 4 rings (SSSR count). The summed E-state index contributed by atoms with van der Waals surface area (Å²) >= 11 is 9.06. The zero-order valence-corrected chi connectivity index (χ0v) is 17.1. The summed E-state index contributed by atoms with van der Waals surface area (Å²) in [5, 5.41) is 1.75. The molecule has 1 aliphatic rings. The third-order valence-corrected chi connectivity index (χ3v) is 7.27. The first kappa shape index (κ1) is 18.5. The van der Waals surface area contributed by atoms with Gasteiger partial charge in [-0.25, -0.2) is 4.98 Å². The molecule has 5 nitrogen and oxygen atoms in total. The predicted octanol–water partition coefficient (Wildman–Crippen LogP) is 3.87. The summed E-state index contributed by atoms with van der Waals surface area (Å²) in [6.45, 7) is 1.91. The number of carbonyl (C=O) groups is 1. The first-order valence-corrected chi connectivity index (χ1v) is 10.9. The maximum absolute atomic E-state index is 13.5. The van der Waals surface area contributed by atoms with Gasteiger partial charge in [0.05, 0.1) is 16.8 Å². The Kier molecular flexibility index (Phi) is 5.01. The number of thiophene rings is 1. The van der Waals surface area contributed by atoms with E-state index in [0.717, 1.165) is 41.6 Å².